The Morgan fingerprint density at radius 3 is 1.59 bits per heavy atom. The summed E-state index contributed by atoms with van der Waals surface area (Å²) in [6.45, 7) is 9.76. The first-order chi connectivity index (χ1) is 13.9. The molecule has 0 spiro atoms. The van der Waals surface area contributed by atoms with Crippen LogP contribution in [0, 0.1) is 0 Å². The van der Waals surface area contributed by atoms with Gasteiger partial charge in [-0.2, -0.15) is 0 Å². The molecule has 4 heteroatoms. The van der Waals surface area contributed by atoms with Gasteiger partial charge in [-0.15, -0.1) is 0 Å². The zero-order chi connectivity index (χ0) is 21.9. The van der Waals surface area contributed by atoms with Crippen LogP contribution in [0.4, 0.5) is 0 Å². The molecule has 0 rings (SSSR count). The van der Waals surface area contributed by atoms with Gasteiger partial charge in [-0.05, 0) is 26.2 Å². The van der Waals surface area contributed by atoms with Crippen LogP contribution in [0.2, 0.25) is 0 Å². The van der Waals surface area contributed by atoms with E-state index in [9.17, 15) is 14.7 Å². The molecule has 168 valence electrons. The predicted molar refractivity (Wildman–Crippen MR) is 121 cm³/mol. The van der Waals surface area contributed by atoms with E-state index in [1.165, 1.54) is 64.7 Å². The smallest absolute Gasteiger partial charge is 0.338 e. The highest BCUT2D eigenvalue weighted by Crippen LogP contribution is 2.20. The first-order valence-electron chi connectivity index (χ1n) is 11.8. The lowest BCUT2D eigenvalue weighted by atomic mass is 10.0. The zero-order valence-corrected chi connectivity index (χ0v) is 19.2. The molecule has 0 aliphatic heterocycles. The number of carboxylic acid groups (broad SMARTS) is 1. The van der Waals surface area contributed by atoms with Crippen molar-refractivity contribution in [3.8, 4) is 0 Å². The first kappa shape index (κ1) is 27.4. The zero-order valence-electron chi connectivity index (χ0n) is 19.2. The van der Waals surface area contributed by atoms with Crippen LogP contribution in [0.25, 0.3) is 0 Å². The molecule has 0 saturated heterocycles. The van der Waals surface area contributed by atoms with Gasteiger partial charge < -0.3 is 9.84 Å². The summed E-state index contributed by atoms with van der Waals surface area (Å²) in [7, 11) is 0. The third kappa shape index (κ3) is 15.0. The fourth-order valence-electron chi connectivity index (χ4n) is 3.26. The van der Waals surface area contributed by atoms with Gasteiger partial charge in [0.15, 0.2) is 0 Å². The number of carboxylic acids is 1. The molecule has 0 aliphatic rings. The minimum Gasteiger partial charge on any atom is -0.478 e. The molecule has 0 aliphatic carbocycles. The van der Waals surface area contributed by atoms with Crippen LogP contribution in [-0.2, 0) is 14.3 Å². The van der Waals surface area contributed by atoms with E-state index in [0.29, 0.717) is 18.4 Å². The van der Waals surface area contributed by atoms with Crippen LogP contribution in [0.3, 0.4) is 0 Å². The topological polar surface area (TPSA) is 63.6 Å². The summed E-state index contributed by atoms with van der Waals surface area (Å²) < 4.78 is 5.45. The van der Waals surface area contributed by atoms with E-state index in [1.54, 1.807) is 0 Å². The molecular weight excluding hydrogens is 364 g/mol. The predicted octanol–water partition coefficient (Wildman–Crippen LogP) is 7.73. The number of hydrogen-bond donors (Lipinski definition) is 1. The number of allylic oxidation sites excluding steroid dienone is 1. The fourth-order valence-corrected chi connectivity index (χ4v) is 3.26. The third-order valence-corrected chi connectivity index (χ3v) is 5.33. The maximum Gasteiger partial charge on any atom is 0.338 e. The number of rotatable bonds is 19. The third-order valence-electron chi connectivity index (χ3n) is 5.33. The molecule has 29 heavy (non-hydrogen) atoms. The van der Waals surface area contributed by atoms with Crippen LogP contribution in [0.1, 0.15) is 124 Å². The Morgan fingerprint density at radius 2 is 1.14 bits per heavy atom. The molecule has 1 N–H and O–H groups in total. The second-order valence-electron chi connectivity index (χ2n) is 8.09. The highest BCUT2D eigenvalue weighted by atomic mass is 16.5. The number of unbranched alkanes of at least 4 members (excludes halogenated alkanes) is 12. The molecule has 4 nitrogen and oxygen atoms in total. The summed E-state index contributed by atoms with van der Waals surface area (Å²) >= 11 is 0. The Kier molecular flexibility index (Phi) is 17.4. The monoisotopic (exact) mass is 408 g/mol. The van der Waals surface area contributed by atoms with Crippen molar-refractivity contribution >= 4 is 11.9 Å². The van der Waals surface area contributed by atoms with Gasteiger partial charge in [-0.1, -0.05) is 97.5 Å². The maximum atomic E-state index is 12.3. The van der Waals surface area contributed by atoms with Crippen molar-refractivity contribution in [3.05, 3.63) is 23.5 Å². The fraction of sp³-hybridized carbons (Fsp3) is 0.760. The molecule has 0 bridgehead atoms. The molecule has 0 fully saturated rings. The van der Waals surface area contributed by atoms with Crippen molar-refractivity contribution in [2.45, 2.75) is 124 Å². The number of ether oxygens (including phenoxy) is 1. The second kappa shape index (κ2) is 18.4. The van der Waals surface area contributed by atoms with Crippen molar-refractivity contribution in [2.24, 2.45) is 0 Å². The normalized spacial score (nSPS) is 11.8. The average Bonchev–Trinajstić information content (AvgIpc) is 2.70. The summed E-state index contributed by atoms with van der Waals surface area (Å²) in [5.41, 5.74) is 0.557. The highest BCUT2D eigenvalue weighted by molar-refractivity contribution is 5.90. The largest absolute Gasteiger partial charge is 0.478 e. The summed E-state index contributed by atoms with van der Waals surface area (Å²) in [4.78, 5) is 23.7. The maximum absolute atomic E-state index is 12.3. The van der Waals surface area contributed by atoms with Gasteiger partial charge in [-0.3, -0.25) is 0 Å². The molecule has 0 aromatic carbocycles. The van der Waals surface area contributed by atoms with E-state index in [-0.39, 0.29) is 11.3 Å². The van der Waals surface area contributed by atoms with Crippen LogP contribution in [0.5, 0.6) is 0 Å². The average molecular weight is 409 g/mol. The Morgan fingerprint density at radius 1 is 0.724 bits per heavy atom. The van der Waals surface area contributed by atoms with E-state index in [4.69, 9.17) is 4.74 Å². The molecule has 0 aromatic rings. The van der Waals surface area contributed by atoms with Crippen LogP contribution in [0.15, 0.2) is 23.5 Å². The highest BCUT2D eigenvalue weighted by Gasteiger charge is 2.16. The summed E-state index contributed by atoms with van der Waals surface area (Å²) in [5, 5.41) is 9.29. The van der Waals surface area contributed by atoms with Gasteiger partial charge in [0.25, 0.3) is 0 Å². The van der Waals surface area contributed by atoms with Gasteiger partial charge in [-0.25, -0.2) is 9.59 Å². The Hall–Kier alpha value is -1.58. The molecule has 0 amide bonds. The molecule has 0 saturated carbocycles. The van der Waals surface area contributed by atoms with Crippen molar-refractivity contribution < 1.29 is 19.4 Å². The van der Waals surface area contributed by atoms with E-state index >= 15 is 0 Å². The number of carbonyl (C=O) groups is 2. The molecule has 0 heterocycles. The minimum atomic E-state index is -1.03. The van der Waals surface area contributed by atoms with Gasteiger partial charge in [0.2, 0.25) is 0 Å². The van der Waals surface area contributed by atoms with Crippen LogP contribution < -0.4 is 0 Å². The summed E-state index contributed by atoms with van der Waals surface area (Å²) in [5.74, 6) is -1.22. The first-order valence-corrected chi connectivity index (χ1v) is 11.8. The molecule has 0 atom stereocenters. The van der Waals surface area contributed by atoms with Crippen LogP contribution in [-0.4, -0.2) is 17.0 Å². The molecule has 0 radical (unpaired) electrons. The van der Waals surface area contributed by atoms with Crippen molar-refractivity contribution in [1.29, 1.82) is 0 Å². The van der Waals surface area contributed by atoms with Gasteiger partial charge >= 0.3 is 11.9 Å². The molecule has 0 unspecified atom stereocenters. The van der Waals surface area contributed by atoms with E-state index in [2.05, 4.69) is 20.4 Å². The molecule has 0 aromatic heterocycles. The number of esters is 1. The number of hydrogen-bond acceptors (Lipinski definition) is 3. The van der Waals surface area contributed by atoms with Crippen molar-refractivity contribution in [1.82, 2.24) is 0 Å². The Balaban J connectivity index is 4.31. The second-order valence-corrected chi connectivity index (χ2v) is 8.09. The Labute approximate surface area is 178 Å². The lowest BCUT2D eigenvalue weighted by Crippen LogP contribution is -2.11. The lowest BCUT2D eigenvalue weighted by Gasteiger charge is -2.12. The number of carbonyl (C=O) groups excluding carboxylic acids is 1. The van der Waals surface area contributed by atoms with Gasteiger partial charge in [0.05, 0.1) is 5.57 Å². The SMILES string of the molecule is C=C(CCCCCCCCC)C(=O)OC(CCCCCCCCC)=C(C)C(=O)O. The van der Waals surface area contributed by atoms with Crippen LogP contribution >= 0.6 is 0 Å². The van der Waals surface area contributed by atoms with Crippen molar-refractivity contribution in [3.63, 3.8) is 0 Å². The lowest BCUT2D eigenvalue weighted by molar-refractivity contribution is -0.136. The standard InChI is InChI=1S/C25H44O4/c1-5-7-9-11-13-15-17-19-21(3)25(28)29-23(22(4)24(26)27)20-18-16-14-12-10-8-6-2/h3,5-20H2,1-2,4H3,(H,26,27). The van der Waals surface area contributed by atoms with Gasteiger partial charge in [0, 0.05) is 12.0 Å². The van der Waals surface area contributed by atoms with Gasteiger partial charge in [0.1, 0.15) is 5.76 Å². The summed E-state index contributed by atoms with van der Waals surface area (Å²) in [6.07, 6.45) is 17.3. The minimum absolute atomic E-state index is 0.119. The Bertz CT molecular complexity index is 505. The summed E-state index contributed by atoms with van der Waals surface area (Å²) in [6, 6.07) is 0. The van der Waals surface area contributed by atoms with E-state index < -0.39 is 11.9 Å². The van der Waals surface area contributed by atoms with E-state index in [0.717, 1.165) is 32.1 Å². The number of aliphatic carboxylic acids is 1. The van der Waals surface area contributed by atoms with E-state index in [1.807, 2.05) is 0 Å². The van der Waals surface area contributed by atoms with Crippen molar-refractivity contribution in [2.75, 3.05) is 0 Å². The quantitative estimate of drug-likeness (QED) is 0.103. The molecular formula is C25H44O4.